The van der Waals surface area contributed by atoms with Crippen LogP contribution in [0.3, 0.4) is 0 Å². The number of rotatable bonds is 2. The van der Waals surface area contributed by atoms with Gasteiger partial charge in [-0.2, -0.15) is 5.26 Å². The molecule has 1 aliphatic heterocycles. The maximum Gasteiger partial charge on any atom is 0.0697 e. The number of aromatic nitrogens is 1. The van der Waals surface area contributed by atoms with Gasteiger partial charge in [-0.25, -0.2) is 0 Å². The van der Waals surface area contributed by atoms with E-state index in [-0.39, 0.29) is 5.92 Å². The Morgan fingerprint density at radius 2 is 2.19 bits per heavy atom. The van der Waals surface area contributed by atoms with E-state index in [1.807, 2.05) is 12.3 Å². The second kappa shape index (κ2) is 5.41. The number of hydrogen-bond acceptors (Lipinski definition) is 3. The molecule has 2 heterocycles. The Kier molecular flexibility index (Phi) is 3.45. The van der Waals surface area contributed by atoms with Gasteiger partial charge >= 0.3 is 0 Å². The van der Waals surface area contributed by atoms with Crippen molar-refractivity contribution in [2.75, 3.05) is 11.4 Å². The summed E-state index contributed by atoms with van der Waals surface area (Å²) in [5, 5.41) is 9.09. The zero-order valence-corrected chi connectivity index (χ0v) is 12.1. The van der Waals surface area contributed by atoms with E-state index in [4.69, 9.17) is 5.26 Å². The van der Waals surface area contributed by atoms with Crippen LogP contribution < -0.4 is 4.90 Å². The van der Waals surface area contributed by atoms with Gasteiger partial charge in [0.05, 0.1) is 12.0 Å². The van der Waals surface area contributed by atoms with Gasteiger partial charge in [0.2, 0.25) is 0 Å². The van der Waals surface area contributed by atoms with Crippen molar-refractivity contribution in [3.63, 3.8) is 0 Å². The van der Waals surface area contributed by atoms with Gasteiger partial charge in [-0.05, 0) is 41.8 Å². The van der Waals surface area contributed by atoms with Gasteiger partial charge < -0.3 is 4.90 Å². The molecule has 21 heavy (non-hydrogen) atoms. The van der Waals surface area contributed by atoms with E-state index in [9.17, 15) is 0 Å². The first-order valence-corrected chi connectivity index (χ1v) is 7.05. The topological polar surface area (TPSA) is 39.9 Å². The third-order valence-electron chi connectivity index (χ3n) is 3.93. The number of anilines is 1. The molecule has 1 unspecified atom stereocenters. The molecule has 3 heteroatoms. The van der Waals surface area contributed by atoms with Crippen LogP contribution in [0, 0.1) is 24.2 Å². The van der Waals surface area contributed by atoms with Crippen molar-refractivity contribution in [3.8, 4) is 17.2 Å². The molecular formula is C18H17N3. The van der Waals surface area contributed by atoms with E-state index in [1.54, 1.807) is 6.20 Å². The Hall–Kier alpha value is -2.60. The summed E-state index contributed by atoms with van der Waals surface area (Å²) < 4.78 is 0. The molecule has 0 aliphatic carbocycles. The fourth-order valence-corrected chi connectivity index (χ4v) is 2.84. The molecule has 0 amide bonds. The second-order valence-electron chi connectivity index (χ2n) is 5.45. The van der Waals surface area contributed by atoms with E-state index < -0.39 is 0 Å². The van der Waals surface area contributed by atoms with Gasteiger partial charge in [-0.1, -0.05) is 18.7 Å². The van der Waals surface area contributed by atoms with Crippen LogP contribution in [0.15, 0.2) is 55.0 Å². The monoisotopic (exact) mass is 275 g/mol. The van der Waals surface area contributed by atoms with Crippen molar-refractivity contribution in [1.29, 1.82) is 5.26 Å². The third kappa shape index (κ3) is 2.53. The van der Waals surface area contributed by atoms with Gasteiger partial charge in [0.15, 0.2) is 0 Å². The van der Waals surface area contributed by atoms with E-state index in [2.05, 4.69) is 53.7 Å². The third-order valence-corrected chi connectivity index (χ3v) is 3.93. The molecule has 1 aromatic heterocycles. The van der Waals surface area contributed by atoms with Crippen LogP contribution in [0.25, 0.3) is 11.1 Å². The van der Waals surface area contributed by atoms with Crippen molar-refractivity contribution in [3.05, 3.63) is 60.6 Å². The van der Waals surface area contributed by atoms with Crippen LogP contribution in [0.1, 0.15) is 12.0 Å². The summed E-state index contributed by atoms with van der Waals surface area (Å²) in [6.45, 7) is 6.93. The predicted octanol–water partition coefficient (Wildman–Crippen LogP) is 3.92. The average Bonchev–Trinajstić information content (AvgIpc) is 2.89. The van der Waals surface area contributed by atoms with Crippen molar-refractivity contribution in [1.82, 2.24) is 4.98 Å². The minimum absolute atomic E-state index is 0.0508. The van der Waals surface area contributed by atoms with Crippen LogP contribution in [0.5, 0.6) is 0 Å². The highest BCUT2D eigenvalue weighted by molar-refractivity contribution is 5.69. The molecule has 3 rings (SSSR count). The van der Waals surface area contributed by atoms with Gasteiger partial charge in [0.1, 0.15) is 0 Å². The average molecular weight is 275 g/mol. The van der Waals surface area contributed by atoms with Crippen LogP contribution in [-0.4, -0.2) is 11.5 Å². The molecule has 1 saturated heterocycles. The number of aryl methyl sites for hydroxylation is 1. The fourth-order valence-electron chi connectivity index (χ4n) is 2.84. The summed E-state index contributed by atoms with van der Waals surface area (Å²) >= 11 is 0. The first-order chi connectivity index (χ1) is 10.2. The summed E-state index contributed by atoms with van der Waals surface area (Å²) in [7, 11) is 0. The first kappa shape index (κ1) is 13.4. The molecule has 1 atom stereocenters. The lowest BCUT2D eigenvalue weighted by Gasteiger charge is -2.22. The lowest BCUT2D eigenvalue weighted by Crippen LogP contribution is -2.18. The van der Waals surface area contributed by atoms with E-state index >= 15 is 0 Å². The summed E-state index contributed by atoms with van der Waals surface area (Å²) in [5.74, 6) is 0.0508. The largest absolute Gasteiger partial charge is 0.344 e. The first-order valence-electron chi connectivity index (χ1n) is 7.05. The van der Waals surface area contributed by atoms with E-state index in [0.29, 0.717) is 0 Å². The molecule has 3 nitrogen and oxygen atoms in total. The molecule has 0 bridgehead atoms. The molecule has 0 N–H and O–H groups in total. The SMILES string of the molecule is C=C1CC(C#N)CN1c1ccc(-c2cccnc2)cc1C. The Morgan fingerprint density at radius 1 is 1.33 bits per heavy atom. The Bertz CT molecular complexity index is 713. The number of hydrogen-bond donors (Lipinski definition) is 0. The van der Waals surface area contributed by atoms with Crippen LogP contribution >= 0.6 is 0 Å². The Labute approximate surface area is 125 Å². The molecule has 0 spiro atoms. The fraction of sp³-hybridized carbons (Fsp3) is 0.222. The highest BCUT2D eigenvalue weighted by atomic mass is 15.2. The minimum atomic E-state index is 0.0508. The Balaban J connectivity index is 1.93. The van der Waals surface area contributed by atoms with Crippen LogP contribution in [0.2, 0.25) is 0 Å². The summed E-state index contributed by atoms with van der Waals surface area (Å²) in [6, 6.07) is 12.7. The molecule has 1 aromatic carbocycles. The zero-order valence-electron chi connectivity index (χ0n) is 12.1. The standard InChI is InChI=1S/C18H17N3/c1-13-8-16(17-4-3-7-20-11-17)5-6-18(13)21-12-15(10-19)9-14(21)2/h3-8,11,15H,2,9,12H2,1H3. The molecule has 0 saturated carbocycles. The molecule has 1 aliphatic rings. The molecule has 2 aromatic rings. The minimum Gasteiger partial charge on any atom is -0.344 e. The smallest absolute Gasteiger partial charge is 0.0697 e. The lowest BCUT2D eigenvalue weighted by atomic mass is 10.0. The second-order valence-corrected chi connectivity index (χ2v) is 5.45. The number of nitriles is 1. The van der Waals surface area contributed by atoms with Crippen LogP contribution in [-0.2, 0) is 0 Å². The number of allylic oxidation sites excluding steroid dienone is 1. The number of pyridine rings is 1. The van der Waals surface area contributed by atoms with E-state index in [0.717, 1.165) is 35.5 Å². The van der Waals surface area contributed by atoms with Crippen molar-refractivity contribution >= 4 is 5.69 Å². The summed E-state index contributed by atoms with van der Waals surface area (Å²) in [6.07, 6.45) is 4.41. The quantitative estimate of drug-likeness (QED) is 0.834. The van der Waals surface area contributed by atoms with Gasteiger partial charge in [-0.15, -0.1) is 0 Å². The molecule has 104 valence electrons. The predicted molar refractivity (Wildman–Crippen MR) is 84.6 cm³/mol. The number of nitrogens with zero attached hydrogens (tertiary/aromatic N) is 3. The van der Waals surface area contributed by atoms with Gasteiger partial charge in [0, 0.05) is 36.7 Å². The molecule has 1 fully saturated rings. The Morgan fingerprint density at radius 3 is 2.81 bits per heavy atom. The highest BCUT2D eigenvalue weighted by Crippen LogP contribution is 2.34. The van der Waals surface area contributed by atoms with E-state index in [1.165, 1.54) is 5.56 Å². The van der Waals surface area contributed by atoms with Crippen LogP contribution in [0.4, 0.5) is 5.69 Å². The van der Waals surface area contributed by atoms with Crippen molar-refractivity contribution < 1.29 is 0 Å². The van der Waals surface area contributed by atoms with Crippen molar-refractivity contribution in [2.45, 2.75) is 13.3 Å². The zero-order chi connectivity index (χ0) is 14.8. The van der Waals surface area contributed by atoms with Gasteiger partial charge in [0.25, 0.3) is 0 Å². The molecule has 0 radical (unpaired) electrons. The number of benzene rings is 1. The maximum absolute atomic E-state index is 9.09. The normalized spacial score (nSPS) is 17.8. The maximum atomic E-state index is 9.09. The lowest BCUT2D eigenvalue weighted by molar-refractivity contribution is 0.763. The van der Waals surface area contributed by atoms with Crippen molar-refractivity contribution in [2.24, 2.45) is 5.92 Å². The molecular weight excluding hydrogens is 258 g/mol. The highest BCUT2D eigenvalue weighted by Gasteiger charge is 2.26. The summed E-state index contributed by atoms with van der Waals surface area (Å²) in [4.78, 5) is 6.33. The van der Waals surface area contributed by atoms with Gasteiger partial charge in [-0.3, -0.25) is 4.98 Å². The summed E-state index contributed by atoms with van der Waals surface area (Å²) in [5.41, 5.74) is 5.63.